The zero-order valence-corrected chi connectivity index (χ0v) is 9.99. The van der Waals surface area contributed by atoms with Crippen LogP contribution in [0.1, 0.15) is 0 Å². The minimum absolute atomic E-state index is 0.0931. The van der Waals surface area contributed by atoms with E-state index in [1.807, 2.05) is 30.3 Å². The molecule has 1 aromatic heterocycles. The van der Waals surface area contributed by atoms with Crippen molar-refractivity contribution in [2.24, 2.45) is 0 Å². The minimum Gasteiger partial charge on any atom is -0.504 e. The predicted molar refractivity (Wildman–Crippen MR) is 70.6 cm³/mol. The third-order valence-electron chi connectivity index (χ3n) is 2.83. The van der Waals surface area contributed by atoms with E-state index < -0.39 is 0 Å². The van der Waals surface area contributed by atoms with Gasteiger partial charge in [-0.15, -0.1) is 0 Å². The molecule has 0 aliphatic carbocycles. The van der Waals surface area contributed by atoms with Crippen LogP contribution >= 0.6 is 0 Å². The molecule has 4 heteroatoms. The molecule has 2 aromatic carbocycles. The van der Waals surface area contributed by atoms with Crippen molar-refractivity contribution in [1.82, 2.24) is 9.78 Å². The maximum atomic E-state index is 12.9. The van der Waals surface area contributed by atoms with E-state index >= 15 is 0 Å². The van der Waals surface area contributed by atoms with Crippen LogP contribution in [0.3, 0.4) is 0 Å². The number of nitrogens with zero attached hydrogens (tertiary/aromatic N) is 2. The van der Waals surface area contributed by atoms with Gasteiger partial charge in [0.1, 0.15) is 11.5 Å². The number of rotatable bonds is 2. The third-order valence-corrected chi connectivity index (χ3v) is 2.83. The summed E-state index contributed by atoms with van der Waals surface area (Å²) >= 11 is 0. The average Bonchev–Trinajstić information content (AvgIpc) is 2.83. The molecule has 3 rings (SSSR count). The summed E-state index contributed by atoms with van der Waals surface area (Å²) in [5.41, 5.74) is 2.03. The lowest BCUT2D eigenvalue weighted by atomic mass is 10.1. The molecule has 1 N–H and O–H groups in total. The molecule has 0 amide bonds. The number of hydrogen-bond acceptors (Lipinski definition) is 2. The van der Waals surface area contributed by atoms with Gasteiger partial charge in [-0.05, 0) is 24.3 Å². The van der Waals surface area contributed by atoms with E-state index in [0.717, 1.165) is 5.56 Å². The minimum atomic E-state index is -0.302. The van der Waals surface area contributed by atoms with Gasteiger partial charge in [-0.3, -0.25) is 0 Å². The van der Waals surface area contributed by atoms with E-state index in [9.17, 15) is 9.50 Å². The first kappa shape index (κ1) is 11.5. The van der Waals surface area contributed by atoms with Crippen molar-refractivity contribution in [2.45, 2.75) is 0 Å². The summed E-state index contributed by atoms with van der Waals surface area (Å²) in [6.07, 6.45) is 1.51. The van der Waals surface area contributed by atoms with Gasteiger partial charge in [-0.2, -0.15) is 5.10 Å². The molecule has 0 saturated heterocycles. The van der Waals surface area contributed by atoms with E-state index in [4.69, 9.17) is 0 Å². The van der Waals surface area contributed by atoms with Crippen molar-refractivity contribution in [3.8, 4) is 22.7 Å². The summed E-state index contributed by atoms with van der Waals surface area (Å²) in [6.45, 7) is 0. The van der Waals surface area contributed by atoms with Crippen LogP contribution < -0.4 is 0 Å². The molecule has 0 fully saturated rings. The van der Waals surface area contributed by atoms with Crippen molar-refractivity contribution in [3.63, 3.8) is 0 Å². The second kappa shape index (κ2) is 4.57. The largest absolute Gasteiger partial charge is 0.504 e. The number of hydrogen-bond donors (Lipinski definition) is 1. The van der Waals surface area contributed by atoms with Crippen LogP contribution in [0.2, 0.25) is 0 Å². The molecule has 3 aromatic rings. The highest BCUT2D eigenvalue weighted by Gasteiger charge is 2.10. The Labute approximate surface area is 109 Å². The van der Waals surface area contributed by atoms with E-state index in [-0.39, 0.29) is 11.6 Å². The number of aromatic hydroxyl groups is 1. The van der Waals surface area contributed by atoms with E-state index in [1.54, 1.807) is 12.1 Å². The van der Waals surface area contributed by atoms with Crippen molar-refractivity contribution >= 4 is 0 Å². The lowest BCUT2D eigenvalue weighted by Crippen LogP contribution is -1.94. The van der Waals surface area contributed by atoms with Crippen molar-refractivity contribution < 1.29 is 9.50 Å². The highest BCUT2D eigenvalue weighted by molar-refractivity contribution is 5.65. The summed E-state index contributed by atoms with van der Waals surface area (Å²) < 4.78 is 14.4. The molecular weight excluding hydrogens is 243 g/mol. The molecule has 0 radical (unpaired) electrons. The molecule has 3 nitrogen and oxygen atoms in total. The molecular formula is C15H11FN2O. The molecule has 94 valence electrons. The van der Waals surface area contributed by atoms with E-state index in [1.165, 1.54) is 23.0 Å². The number of halogens is 1. The molecule has 0 spiro atoms. The molecule has 1 heterocycles. The Morgan fingerprint density at radius 1 is 0.947 bits per heavy atom. The first-order chi connectivity index (χ1) is 9.24. The lowest BCUT2D eigenvalue weighted by molar-refractivity contribution is 0.477. The van der Waals surface area contributed by atoms with E-state index in [0.29, 0.717) is 11.4 Å². The second-order valence-corrected chi connectivity index (χ2v) is 4.15. The van der Waals surface area contributed by atoms with Crippen molar-refractivity contribution in [3.05, 3.63) is 66.6 Å². The van der Waals surface area contributed by atoms with Crippen LogP contribution in [-0.2, 0) is 0 Å². The summed E-state index contributed by atoms with van der Waals surface area (Å²) in [5.74, 6) is -0.209. The summed E-state index contributed by atoms with van der Waals surface area (Å²) in [6, 6.07) is 15.3. The van der Waals surface area contributed by atoms with Gasteiger partial charge in [0.05, 0.1) is 11.9 Å². The van der Waals surface area contributed by atoms with Gasteiger partial charge < -0.3 is 5.11 Å². The Morgan fingerprint density at radius 3 is 2.32 bits per heavy atom. The zero-order chi connectivity index (χ0) is 13.2. The molecule has 0 aliphatic rings. The van der Waals surface area contributed by atoms with Gasteiger partial charge in [0, 0.05) is 5.56 Å². The molecule has 0 aliphatic heterocycles. The smallest absolute Gasteiger partial charge is 0.162 e. The number of aromatic nitrogens is 2. The maximum absolute atomic E-state index is 12.9. The van der Waals surface area contributed by atoms with Crippen LogP contribution in [0.4, 0.5) is 4.39 Å². The Balaban J connectivity index is 2.04. The van der Waals surface area contributed by atoms with Crippen molar-refractivity contribution in [1.29, 1.82) is 0 Å². The highest BCUT2D eigenvalue weighted by atomic mass is 19.1. The van der Waals surface area contributed by atoms with Gasteiger partial charge in [0.15, 0.2) is 5.75 Å². The Morgan fingerprint density at radius 2 is 1.63 bits per heavy atom. The Bertz CT molecular complexity index is 690. The van der Waals surface area contributed by atoms with Crippen LogP contribution in [0.15, 0.2) is 60.8 Å². The summed E-state index contributed by atoms with van der Waals surface area (Å²) in [7, 11) is 0. The third kappa shape index (κ3) is 2.20. The molecule has 19 heavy (non-hydrogen) atoms. The fraction of sp³-hybridized carbons (Fsp3) is 0. The molecule has 0 saturated carbocycles. The number of benzene rings is 2. The SMILES string of the molecule is Oc1cn(-c2ccc(F)cc2)nc1-c1ccccc1. The fourth-order valence-electron chi connectivity index (χ4n) is 1.89. The van der Waals surface area contributed by atoms with Gasteiger partial charge in [0.2, 0.25) is 0 Å². The average molecular weight is 254 g/mol. The Kier molecular flexibility index (Phi) is 2.76. The lowest BCUT2D eigenvalue weighted by Gasteiger charge is -2.00. The van der Waals surface area contributed by atoms with Crippen molar-refractivity contribution in [2.75, 3.05) is 0 Å². The van der Waals surface area contributed by atoms with Crippen LogP contribution in [0.5, 0.6) is 5.75 Å². The second-order valence-electron chi connectivity index (χ2n) is 4.15. The van der Waals surface area contributed by atoms with Gasteiger partial charge in [-0.1, -0.05) is 30.3 Å². The maximum Gasteiger partial charge on any atom is 0.162 e. The zero-order valence-electron chi connectivity index (χ0n) is 9.99. The van der Waals surface area contributed by atoms with E-state index in [2.05, 4.69) is 5.10 Å². The first-order valence-electron chi connectivity index (χ1n) is 5.84. The summed E-state index contributed by atoms with van der Waals surface area (Å²) in [4.78, 5) is 0. The first-order valence-corrected chi connectivity index (χ1v) is 5.84. The fourth-order valence-corrected chi connectivity index (χ4v) is 1.89. The quantitative estimate of drug-likeness (QED) is 0.761. The molecule has 0 unspecified atom stereocenters. The van der Waals surface area contributed by atoms with Crippen LogP contribution in [0.25, 0.3) is 16.9 Å². The van der Waals surface area contributed by atoms with Gasteiger partial charge in [-0.25, -0.2) is 9.07 Å². The Hall–Kier alpha value is -2.62. The topological polar surface area (TPSA) is 38.0 Å². The van der Waals surface area contributed by atoms with Gasteiger partial charge in [0.25, 0.3) is 0 Å². The monoisotopic (exact) mass is 254 g/mol. The van der Waals surface area contributed by atoms with Gasteiger partial charge >= 0.3 is 0 Å². The highest BCUT2D eigenvalue weighted by Crippen LogP contribution is 2.28. The molecule has 0 bridgehead atoms. The normalized spacial score (nSPS) is 10.6. The standard InChI is InChI=1S/C15H11FN2O/c16-12-6-8-13(9-7-12)18-10-14(19)15(17-18)11-4-2-1-3-5-11/h1-10,19H. The molecule has 0 atom stereocenters. The predicted octanol–water partition coefficient (Wildman–Crippen LogP) is 3.38. The van der Waals surface area contributed by atoms with Crippen LogP contribution in [-0.4, -0.2) is 14.9 Å². The van der Waals surface area contributed by atoms with Crippen LogP contribution in [0, 0.1) is 5.82 Å². The summed E-state index contributed by atoms with van der Waals surface area (Å²) in [5, 5.41) is 14.3.